The van der Waals surface area contributed by atoms with Gasteiger partial charge in [0.25, 0.3) is 0 Å². The number of phenols is 1. The summed E-state index contributed by atoms with van der Waals surface area (Å²) in [5, 5.41) is 9.87. The molecule has 18 heavy (non-hydrogen) atoms. The third-order valence-corrected chi connectivity index (χ3v) is 3.68. The topological polar surface area (TPSA) is 58.7 Å². The fourth-order valence-electron chi connectivity index (χ4n) is 2.41. The van der Waals surface area contributed by atoms with E-state index in [2.05, 4.69) is 11.9 Å². The number of nitrogens with two attached hydrogens (primary N) is 1. The van der Waals surface area contributed by atoms with E-state index in [1.165, 1.54) is 12.8 Å². The number of likely N-dealkylation sites (N-methyl/N-ethyl adjacent to an activating group) is 1. The number of ether oxygens (including phenoxy) is 1. The van der Waals surface area contributed by atoms with Gasteiger partial charge in [0.15, 0.2) is 0 Å². The predicted molar refractivity (Wildman–Crippen MR) is 71.7 cm³/mol. The molecule has 4 nitrogen and oxygen atoms in total. The predicted octanol–water partition coefficient (Wildman–Crippen LogP) is 1.57. The molecule has 0 aromatic heterocycles. The van der Waals surface area contributed by atoms with Crippen LogP contribution < -0.4 is 10.5 Å². The van der Waals surface area contributed by atoms with Gasteiger partial charge >= 0.3 is 0 Å². The SMILES string of the molecule is COc1ccc(O)c(CN(C)C(CN)C2CC2)c1. The lowest BCUT2D eigenvalue weighted by atomic mass is 10.1. The molecule has 1 aromatic rings. The summed E-state index contributed by atoms with van der Waals surface area (Å²) in [6.07, 6.45) is 2.55. The molecule has 0 amide bonds. The monoisotopic (exact) mass is 250 g/mol. The number of benzene rings is 1. The first-order valence-corrected chi connectivity index (χ1v) is 6.42. The molecule has 0 heterocycles. The van der Waals surface area contributed by atoms with Crippen molar-refractivity contribution in [1.82, 2.24) is 4.90 Å². The fraction of sp³-hybridized carbons (Fsp3) is 0.571. The van der Waals surface area contributed by atoms with Crippen molar-refractivity contribution in [3.05, 3.63) is 23.8 Å². The standard InChI is InChI=1S/C14H22N2O2/c1-16(13(8-15)10-3-4-10)9-11-7-12(18-2)5-6-14(11)17/h5-7,10,13,17H,3-4,8-9,15H2,1-2H3. The van der Waals surface area contributed by atoms with Crippen LogP contribution in [0.5, 0.6) is 11.5 Å². The van der Waals surface area contributed by atoms with Gasteiger partial charge < -0.3 is 15.6 Å². The molecule has 0 spiro atoms. The number of hydrogen-bond acceptors (Lipinski definition) is 4. The van der Waals surface area contributed by atoms with Crippen LogP contribution in [0.3, 0.4) is 0 Å². The second-order valence-corrected chi connectivity index (χ2v) is 5.05. The van der Waals surface area contributed by atoms with Crippen LogP contribution in [0.25, 0.3) is 0 Å². The number of rotatable bonds is 6. The van der Waals surface area contributed by atoms with E-state index in [4.69, 9.17) is 10.5 Å². The smallest absolute Gasteiger partial charge is 0.120 e. The van der Waals surface area contributed by atoms with Crippen molar-refractivity contribution in [2.45, 2.75) is 25.4 Å². The molecular weight excluding hydrogens is 228 g/mol. The minimum atomic E-state index is 0.314. The van der Waals surface area contributed by atoms with Crippen LogP contribution >= 0.6 is 0 Å². The molecule has 1 saturated carbocycles. The van der Waals surface area contributed by atoms with E-state index in [1.807, 2.05) is 6.07 Å². The quantitative estimate of drug-likeness (QED) is 0.804. The number of phenolic OH excluding ortho intramolecular Hbond substituents is 1. The molecule has 3 N–H and O–H groups in total. The Morgan fingerprint density at radius 1 is 1.50 bits per heavy atom. The minimum absolute atomic E-state index is 0.314. The molecule has 1 aromatic carbocycles. The van der Waals surface area contributed by atoms with Crippen molar-refractivity contribution < 1.29 is 9.84 Å². The highest BCUT2D eigenvalue weighted by Gasteiger charge is 2.32. The Morgan fingerprint density at radius 2 is 2.22 bits per heavy atom. The largest absolute Gasteiger partial charge is 0.508 e. The van der Waals surface area contributed by atoms with Crippen LogP contribution in [0.2, 0.25) is 0 Å². The highest BCUT2D eigenvalue weighted by Crippen LogP contribution is 2.35. The van der Waals surface area contributed by atoms with E-state index in [1.54, 1.807) is 19.2 Å². The van der Waals surface area contributed by atoms with E-state index in [0.717, 1.165) is 17.2 Å². The summed E-state index contributed by atoms with van der Waals surface area (Å²) in [6, 6.07) is 5.74. The molecule has 2 rings (SSSR count). The zero-order valence-corrected chi connectivity index (χ0v) is 11.1. The normalized spacial score (nSPS) is 16.9. The fourth-order valence-corrected chi connectivity index (χ4v) is 2.41. The highest BCUT2D eigenvalue weighted by atomic mass is 16.5. The van der Waals surface area contributed by atoms with Crippen LogP contribution in [0.1, 0.15) is 18.4 Å². The molecule has 1 aliphatic rings. The Morgan fingerprint density at radius 3 is 2.78 bits per heavy atom. The summed E-state index contributed by atoms with van der Waals surface area (Å²) in [5.41, 5.74) is 6.72. The van der Waals surface area contributed by atoms with Crippen molar-refractivity contribution in [2.24, 2.45) is 11.7 Å². The van der Waals surface area contributed by atoms with E-state index < -0.39 is 0 Å². The first kappa shape index (κ1) is 13.2. The molecule has 1 unspecified atom stereocenters. The van der Waals surface area contributed by atoms with Gasteiger partial charge in [0, 0.05) is 24.7 Å². The first-order valence-electron chi connectivity index (χ1n) is 6.42. The molecule has 0 radical (unpaired) electrons. The van der Waals surface area contributed by atoms with Crippen molar-refractivity contribution in [3.8, 4) is 11.5 Å². The van der Waals surface area contributed by atoms with Crippen molar-refractivity contribution in [2.75, 3.05) is 20.7 Å². The van der Waals surface area contributed by atoms with Gasteiger partial charge in [-0.15, -0.1) is 0 Å². The Kier molecular flexibility index (Phi) is 4.09. The number of nitrogens with zero attached hydrogens (tertiary/aromatic N) is 1. The Hall–Kier alpha value is -1.26. The summed E-state index contributed by atoms with van der Waals surface area (Å²) in [5.74, 6) is 1.81. The molecule has 0 aliphatic heterocycles. The van der Waals surface area contributed by atoms with Gasteiger partial charge in [0.1, 0.15) is 11.5 Å². The maximum atomic E-state index is 9.87. The van der Waals surface area contributed by atoms with E-state index in [9.17, 15) is 5.11 Å². The molecular formula is C14H22N2O2. The van der Waals surface area contributed by atoms with Crippen LogP contribution in [0.4, 0.5) is 0 Å². The van der Waals surface area contributed by atoms with Crippen molar-refractivity contribution >= 4 is 0 Å². The van der Waals surface area contributed by atoms with Gasteiger partial charge in [-0.1, -0.05) is 0 Å². The van der Waals surface area contributed by atoms with E-state index >= 15 is 0 Å². The zero-order chi connectivity index (χ0) is 13.1. The van der Waals surface area contributed by atoms with Gasteiger partial charge in [0.05, 0.1) is 7.11 Å². The van der Waals surface area contributed by atoms with Crippen LogP contribution in [0.15, 0.2) is 18.2 Å². The molecule has 1 fully saturated rings. The maximum absolute atomic E-state index is 9.87. The first-order chi connectivity index (χ1) is 8.65. The molecule has 0 saturated heterocycles. The number of hydrogen-bond donors (Lipinski definition) is 2. The van der Waals surface area contributed by atoms with Crippen LogP contribution in [-0.2, 0) is 6.54 Å². The van der Waals surface area contributed by atoms with Crippen molar-refractivity contribution in [1.29, 1.82) is 0 Å². The average Bonchev–Trinajstić information content (AvgIpc) is 3.17. The summed E-state index contributed by atoms with van der Waals surface area (Å²) < 4.78 is 5.18. The van der Waals surface area contributed by atoms with Crippen molar-refractivity contribution in [3.63, 3.8) is 0 Å². The summed E-state index contributed by atoms with van der Waals surface area (Å²) >= 11 is 0. The Labute approximate surface area is 108 Å². The zero-order valence-electron chi connectivity index (χ0n) is 11.1. The number of aromatic hydroxyl groups is 1. The van der Waals surface area contributed by atoms with Gasteiger partial charge in [0.2, 0.25) is 0 Å². The third-order valence-electron chi connectivity index (χ3n) is 3.68. The van der Waals surface area contributed by atoms with E-state index in [-0.39, 0.29) is 0 Å². The van der Waals surface area contributed by atoms with Gasteiger partial charge in [-0.2, -0.15) is 0 Å². The summed E-state index contributed by atoms with van der Waals surface area (Å²) in [4.78, 5) is 2.23. The summed E-state index contributed by atoms with van der Waals surface area (Å²) in [7, 11) is 3.70. The highest BCUT2D eigenvalue weighted by molar-refractivity contribution is 5.39. The molecule has 1 atom stereocenters. The van der Waals surface area contributed by atoms with E-state index in [0.29, 0.717) is 24.9 Å². The van der Waals surface area contributed by atoms with Crippen LogP contribution in [0, 0.1) is 5.92 Å². The lowest BCUT2D eigenvalue weighted by Crippen LogP contribution is -2.39. The molecule has 4 heteroatoms. The number of methoxy groups -OCH3 is 1. The van der Waals surface area contributed by atoms with Gasteiger partial charge in [-0.25, -0.2) is 0 Å². The molecule has 0 bridgehead atoms. The maximum Gasteiger partial charge on any atom is 0.120 e. The molecule has 100 valence electrons. The van der Waals surface area contributed by atoms with Gasteiger partial charge in [-0.3, -0.25) is 4.90 Å². The second kappa shape index (κ2) is 5.59. The average molecular weight is 250 g/mol. The second-order valence-electron chi connectivity index (χ2n) is 5.05. The van der Waals surface area contributed by atoms with Crippen LogP contribution in [-0.4, -0.2) is 36.8 Å². The minimum Gasteiger partial charge on any atom is -0.508 e. The lowest BCUT2D eigenvalue weighted by Gasteiger charge is -2.27. The lowest BCUT2D eigenvalue weighted by molar-refractivity contribution is 0.213. The third kappa shape index (κ3) is 2.94. The Bertz CT molecular complexity index is 405. The molecule has 1 aliphatic carbocycles. The Balaban J connectivity index is 2.07. The summed E-state index contributed by atoms with van der Waals surface area (Å²) in [6.45, 7) is 1.37. The van der Waals surface area contributed by atoms with Gasteiger partial charge in [-0.05, 0) is 44.0 Å².